The van der Waals surface area contributed by atoms with Crippen LogP contribution < -0.4 is 5.73 Å². The Morgan fingerprint density at radius 2 is 2.11 bits per heavy atom. The topological polar surface area (TPSA) is 64.7 Å². The number of hydrogen-bond acceptors (Lipinski definition) is 4. The van der Waals surface area contributed by atoms with E-state index >= 15 is 0 Å². The molecule has 0 aliphatic rings. The Balaban J connectivity index is 2.45. The number of hydrogen-bond donors (Lipinski definition) is 1. The minimum atomic E-state index is 0.480. The fraction of sp³-hybridized carbons (Fsp3) is 0.308. The van der Waals surface area contributed by atoms with Gasteiger partial charge in [0.2, 0.25) is 0 Å². The summed E-state index contributed by atoms with van der Waals surface area (Å²) in [4.78, 5) is 13.1. The molecule has 2 aromatic rings. The number of rotatable bonds is 3. The Morgan fingerprint density at radius 1 is 1.33 bits per heavy atom. The molecule has 94 valence electrons. The fourth-order valence-electron chi connectivity index (χ4n) is 1.70. The van der Waals surface area contributed by atoms with Crippen LogP contribution >= 0.6 is 15.9 Å². The van der Waals surface area contributed by atoms with Crippen LogP contribution in [-0.2, 0) is 6.42 Å². The lowest BCUT2D eigenvalue weighted by Crippen LogP contribution is -2.04. The molecule has 0 radical (unpaired) electrons. The molecule has 0 fully saturated rings. The zero-order valence-corrected chi connectivity index (χ0v) is 12.0. The minimum absolute atomic E-state index is 0.480. The van der Waals surface area contributed by atoms with E-state index in [1.54, 1.807) is 6.20 Å². The summed E-state index contributed by atoms with van der Waals surface area (Å²) in [7, 11) is 0. The zero-order valence-electron chi connectivity index (χ0n) is 10.4. The molecule has 0 atom stereocenters. The third kappa shape index (κ3) is 3.04. The van der Waals surface area contributed by atoms with Crippen LogP contribution in [0.1, 0.15) is 19.5 Å². The highest BCUT2D eigenvalue weighted by molar-refractivity contribution is 9.10. The molecule has 0 unspecified atom stereocenters. The Kier molecular flexibility index (Phi) is 3.91. The van der Waals surface area contributed by atoms with E-state index in [9.17, 15) is 0 Å². The molecule has 4 nitrogen and oxygen atoms in total. The summed E-state index contributed by atoms with van der Waals surface area (Å²) >= 11 is 3.45. The molecule has 5 heteroatoms. The summed E-state index contributed by atoms with van der Waals surface area (Å²) < 4.78 is 0.867. The van der Waals surface area contributed by atoms with Crippen molar-refractivity contribution in [2.75, 3.05) is 5.73 Å². The average Bonchev–Trinajstić information content (AvgIpc) is 2.27. The van der Waals surface area contributed by atoms with Crippen molar-refractivity contribution in [2.24, 2.45) is 5.92 Å². The molecule has 18 heavy (non-hydrogen) atoms. The number of nitrogens with zero attached hydrogens (tertiary/aromatic N) is 3. The van der Waals surface area contributed by atoms with E-state index in [1.807, 2.05) is 18.2 Å². The highest BCUT2D eigenvalue weighted by atomic mass is 79.9. The second-order valence-electron chi connectivity index (χ2n) is 4.54. The van der Waals surface area contributed by atoms with Gasteiger partial charge in [0.05, 0.1) is 0 Å². The molecule has 2 aromatic heterocycles. The molecule has 2 N–H and O–H groups in total. The number of nitrogen functional groups attached to an aromatic ring is 1. The average molecular weight is 307 g/mol. The van der Waals surface area contributed by atoms with Crippen LogP contribution in [0.25, 0.3) is 11.5 Å². The van der Waals surface area contributed by atoms with Crippen LogP contribution in [0.15, 0.2) is 28.9 Å². The van der Waals surface area contributed by atoms with Crippen LogP contribution in [0.3, 0.4) is 0 Å². The standard InChI is InChI=1S/C13H15BrN4/c1-8(2)6-9-7-11(15)18-13(17-9)12-10(14)4-3-5-16-12/h3-5,7-8H,6H2,1-2H3,(H2,15,17,18). The molecule has 0 bridgehead atoms. The highest BCUT2D eigenvalue weighted by Gasteiger charge is 2.10. The summed E-state index contributed by atoms with van der Waals surface area (Å²) in [5.41, 5.74) is 7.49. The van der Waals surface area contributed by atoms with Gasteiger partial charge in [-0.2, -0.15) is 0 Å². The number of anilines is 1. The van der Waals surface area contributed by atoms with Crippen molar-refractivity contribution >= 4 is 21.7 Å². The Labute approximate surface area is 115 Å². The third-order valence-electron chi connectivity index (χ3n) is 2.39. The molecule has 2 heterocycles. The lowest BCUT2D eigenvalue weighted by molar-refractivity contribution is 0.635. The van der Waals surface area contributed by atoms with Crippen LogP contribution in [0.4, 0.5) is 5.82 Å². The number of halogens is 1. The van der Waals surface area contributed by atoms with E-state index in [1.165, 1.54) is 0 Å². The second-order valence-corrected chi connectivity index (χ2v) is 5.39. The lowest BCUT2D eigenvalue weighted by Gasteiger charge is -2.08. The van der Waals surface area contributed by atoms with Crippen molar-refractivity contribution < 1.29 is 0 Å². The Bertz CT molecular complexity index is 554. The molecule has 0 saturated carbocycles. The third-order valence-corrected chi connectivity index (χ3v) is 3.03. The van der Waals surface area contributed by atoms with Gasteiger partial charge in [0.1, 0.15) is 11.5 Å². The predicted octanol–water partition coefficient (Wildman–Crippen LogP) is 3.08. The summed E-state index contributed by atoms with van der Waals surface area (Å²) in [5.74, 6) is 1.57. The molecule has 0 amide bonds. The zero-order chi connectivity index (χ0) is 13.1. The smallest absolute Gasteiger partial charge is 0.181 e. The number of aromatic nitrogens is 3. The number of nitrogens with two attached hydrogens (primary N) is 1. The summed E-state index contributed by atoms with van der Waals surface area (Å²) in [6.45, 7) is 4.29. The first-order chi connectivity index (χ1) is 8.56. The molecule has 0 aliphatic carbocycles. The summed E-state index contributed by atoms with van der Waals surface area (Å²) in [5, 5.41) is 0. The van der Waals surface area contributed by atoms with E-state index in [4.69, 9.17) is 5.73 Å². The van der Waals surface area contributed by atoms with Crippen molar-refractivity contribution in [3.63, 3.8) is 0 Å². The van der Waals surface area contributed by atoms with E-state index < -0.39 is 0 Å². The van der Waals surface area contributed by atoms with Gasteiger partial charge in [-0.25, -0.2) is 9.97 Å². The largest absolute Gasteiger partial charge is 0.384 e. The van der Waals surface area contributed by atoms with Gasteiger partial charge in [-0.3, -0.25) is 4.98 Å². The van der Waals surface area contributed by atoms with Gasteiger partial charge in [0.25, 0.3) is 0 Å². The molecule has 0 aromatic carbocycles. The number of pyridine rings is 1. The van der Waals surface area contributed by atoms with Gasteiger partial charge in [0.15, 0.2) is 5.82 Å². The fourth-order valence-corrected chi connectivity index (χ4v) is 2.13. The first-order valence-electron chi connectivity index (χ1n) is 5.80. The maximum absolute atomic E-state index is 5.83. The quantitative estimate of drug-likeness (QED) is 0.946. The first kappa shape index (κ1) is 13.0. The predicted molar refractivity (Wildman–Crippen MR) is 75.9 cm³/mol. The first-order valence-corrected chi connectivity index (χ1v) is 6.60. The van der Waals surface area contributed by atoms with Crippen molar-refractivity contribution in [2.45, 2.75) is 20.3 Å². The van der Waals surface area contributed by atoms with E-state index in [0.29, 0.717) is 17.6 Å². The van der Waals surface area contributed by atoms with Crippen LogP contribution in [0, 0.1) is 5.92 Å². The summed E-state index contributed by atoms with van der Waals surface area (Å²) in [6.07, 6.45) is 2.60. The van der Waals surface area contributed by atoms with Crippen molar-refractivity contribution in [3.05, 3.63) is 34.6 Å². The lowest BCUT2D eigenvalue weighted by atomic mass is 10.1. The summed E-state index contributed by atoms with van der Waals surface area (Å²) in [6, 6.07) is 5.59. The molecule has 0 saturated heterocycles. The van der Waals surface area contributed by atoms with Crippen molar-refractivity contribution in [1.82, 2.24) is 15.0 Å². The highest BCUT2D eigenvalue weighted by Crippen LogP contribution is 2.23. The molecule has 0 spiro atoms. The van der Waals surface area contributed by atoms with Crippen LogP contribution in [0.5, 0.6) is 0 Å². The van der Waals surface area contributed by atoms with Crippen LogP contribution in [0.2, 0.25) is 0 Å². The van der Waals surface area contributed by atoms with Gasteiger partial charge < -0.3 is 5.73 Å². The SMILES string of the molecule is CC(C)Cc1cc(N)nc(-c2ncccc2Br)n1. The Hall–Kier alpha value is -1.49. The van der Waals surface area contributed by atoms with Crippen LogP contribution in [-0.4, -0.2) is 15.0 Å². The molecule has 2 rings (SSSR count). The molecular weight excluding hydrogens is 292 g/mol. The van der Waals surface area contributed by atoms with E-state index in [2.05, 4.69) is 44.7 Å². The van der Waals surface area contributed by atoms with Gasteiger partial charge in [-0.05, 0) is 40.4 Å². The molecule has 0 aliphatic heterocycles. The normalized spacial score (nSPS) is 10.9. The maximum atomic E-state index is 5.83. The van der Waals surface area contributed by atoms with Gasteiger partial charge >= 0.3 is 0 Å². The second kappa shape index (κ2) is 5.44. The maximum Gasteiger partial charge on any atom is 0.181 e. The van der Waals surface area contributed by atoms with Gasteiger partial charge in [-0.15, -0.1) is 0 Å². The Morgan fingerprint density at radius 3 is 2.78 bits per heavy atom. The van der Waals surface area contributed by atoms with Crippen molar-refractivity contribution in [1.29, 1.82) is 0 Å². The molecular formula is C13H15BrN4. The van der Waals surface area contributed by atoms with E-state index in [0.717, 1.165) is 22.3 Å². The van der Waals surface area contributed by atoms with E-state index in [-0.39, 0.29) is 0 Å². The van der Waals surface area contributed by atoms with Gasteiger partial charge in [-0.1, -0.05) is 13.8 Å². The van der Waals surface area contributed by atoms with Gasteiger partial charge in [0, 0.05) is 22.4 Å². The minimum Gasteiger partial charge on any atom is -0.384 e. The monoisotopic (exact) mass is 306 g/mol. The van der Waals surface area contributed by atoms with Crippen molar-refractivity contribution in [3.8, 4) is 11.5 Å².